The van der Waals surface area contributed by atoms with E-state index in [-0.39, 0.29) is 5.56 Å². The molecule has 0 aliphatic carbocycles. The van der Waals surface area contributed by atoms with Crippen LogP contribution in [0.25, 0.3) is 27.9 Å². The maximum Gasteiger partial charge on any atom is 0.274 e. The molecule has 0 radical (unpaired) electrons. The molecule has 4 aromatic rings. The lowest BCUT2D eigenvalue weighted by Gasteiger charge is -2.02. The predicted octanol–water partition coefficient (Wildman–Crippen LogP) is 2.55. The molecule has 0 saturated heterocycles. The zero-order valence-corrected chi connectivity index (χ0v) is 11.4. The van der Waals surface area contributed by atoms with E-state index in [0.29, 0.717) is 17.3 Å². The molecule has 2 heterocycles. The molecule has 21 heavy (non-hydrogen) atoms. The van der Waals surface area contributed by atoms with Crippen LogP contribution in [0.4, 0.5) is 0 Å². The summed E-state index contributed by atoms with van der Waals surface area (Å²) < 4.78 is 1.37. The van der Waals surface area contributed by atoms with E-state index in [4.69, 9.17) is 0 Å². The first-order valence-corrected chi connectivity index (χ1v) is 6.67. The first-order valence-electron chi connectivity index (χ1n) is 6.67. The second-order valence-electron chi connectivity index (χ2n) is 4.97. The maximum absolute atomic E-state index is 12.0. The molecule has 0 bridgehead atoms. The third kappa shape index (κ3) is 1.82. The van der Waals surface area contributed by atoms with Crippen LogP contribution >= 0.6 is 0 Å². The van der Waals surface area contributed by atoms with Crippen LogP contribution in [0.5, 0.6) is 0 Å². The number of aryl methyl sites for hydroxylation is 1. The molecule has 0 atom stereocenters. The number of aromatic nitrogens is 4. The van der Waals surface area contributed by atoms with E-state index < -0.39 is 0 Å². The van der Waals surface area contributed by atoms with Crippen molar-refractivity contribution in [3.05, 3.63) is 64.6 Å². The summed E-state index contributed by atoms with van der Waals surface area (Å²) in [6, 6.07) is 15.6. The van der Waals surface area contributed by atoms with Crippen LogP contribution in [0.15, 0.2) is 53.3 Å². The van der Waals surface area contributed by atoms with Crippen molar-refractivity contribution in [2.24, 2.45) is 0 Å². The van der Waals surface area contributed by atoms with Gasteiger partial charge in [-0.3, -0.25) is 9.89 Å². The summed E-state index contributed by atoms with van der Waals surface area (Å²) in [5.41, 5.74) is 1.46. The summed E-state index contributed by atoms with van der Waals surface area (Å²) in [6.07, 6.45) is 0. The minimum absolute atomic E-state index is 0.156. The number of rotatable bonds is 1. The quantitative estimate of drug-likeness (QED) is 0.581. The van der Waals surface area contributed by atoms with Gasteiger partial charge in [-0.15, -0.1) is 0 Å². The second kappa shape index (κ2) is 4.28. The summed E-state index contributed by atoms with van der Waals surface area (Å²) >= 11 is 0. The van der Waals surface area contributed by atoms with E-state index in [2.05, 4.69) is 27.2 Å². The molecule has 0 spiro atoms. The van der Waals surface area contributed by atoms with Crippen LogP contribution in [-0.4, -0.2) is 19.6 Å². The molecule has 0 amide bonds. The van der Waals surface area contributed by atoms with Crippen LogP contribution in [0.2, 0.25) is 0 Å². The Morgan fingerprint density at radius 2 is 1.86 bits per heavy atom. The van der Waals surface area contributed by atoms with Crippen molar-refractivity contribution in [3.63, 3.8) is 0 Å². The van der Waals surface area contributed by atoms with Crippen molar-refractivity contribution in [1.82, 2.24) is 19.6 Å². The summed E-state index contributed by atoms with van der Waals surface area (Å²) in [4.78, 5) is 20.7. The molecule has 0 aliphatic rings. The average Bonchev–Trinajstić information content (AvgIpc) is 2.90. The van der Waals surface area contributed by atoms with Crippen molar-refractivity contribution >= 4 is 16.6 Å². The van der Waals surface area contributed by atoms with E-state index >= 15 is 0 Å². The van der Waals surface area contributed by atoms with Crippen molar-refractivity contribution in [2.45, 2.75) is 6.92 Å². The predicted molar refractivity (Wildman–Crippen MR) is 81.3 cm³/mol. The zero-order valence-electron chi connectivity index (χ0n) is 11.4. The molecular weight excluding hydrogens is 264 g/mol. The molecule has 0 fully saturated rings. The Morgan fingerprint density at radius 1 is 1.05 bits per heavy atom. The first kappa shape index (κ1) is 11.8. The van der Waals surface area contributed by atoms with Gasteiger partial charge in [0.15, 0.2) is 5.82 Å². The zero-order chi connectivity index (χ0) is 14.4. The normalized spacial score (nSPS) is 11.3. The molecule has 1 N–H and O–H groups in total. The monoisotopic (exact) mass is 276 g/mol. The molecular formula is C16H12N4O. The van der Waals surface area contributed by atoms with Gasteiger partial charge in [0.1, 0.15) is 0 Å². The minimum Gasteiger partial charge on any atom is -0.271 e. The van der Waals surface area contributed by atoms with E-state index in [1.54, 1.807) is 6.92 Å². The van der Waals surface area contributed by atoms with Gasteiger partial charge in [0.05, 0.1) is 0 Å². The molecule has 2 aromatic carbocycles. The number of H-pyrrole nitrogens is 1. The van der Waals surface area contributed by atoms with Gasteiger partial charge in [-0.1, -0.05) is 42.5 Å². The summed E-state index contributed by atoms with van der Waals surface area (Å²) in [5, 5.41) is 5.25. The minimum atomic E-state index is -0.156. The van der Waals surface area contributed by atoms with E-state index in [1.807, 2.05) is 30.3 Å². The lowest BCUT2D eigenvalue weighted by atomic mass is 10.0. The van der Waals surface area contributed by atoms with Crippen LogP contribution in [0, 0.1) is 6.92 Å². The average molecular weight is 276 g/mol. The summed E-state index contributed by atoms with van der Waals surface area (Å²) in [6.45, 7) is 1.79. The smallest absolute Gasteiger partial charge is 0.271 e. The molecule has 0 aliphatic heterocycles. The van der Waals surface area contributed by atoms with Gasteiger partial charge in [-0.2, -0.15) is 9.50 Å². The number of nitrogens with zero attached hydrogens (tertiary/aromatic N) is 3. The fraction of sp³-hybridized carbons (Fsp3) is 0.0625. The Morgan fingerprint density at radius 3 is 2.76 bits per heavy atom. The Balaban J connectivity index is 2.05. The van der Waals surface area contributed by atoms with Crippen molar-refractivity contribution in [1.29, 1.82) is 0 Å². The molecule has 4 rings (SSSR count). The molecule has 2 aromatic heterocycles. The Bertz CT molecular complexity index is 1020. The molecule has 102 valence electrons. The number of aromatic amines is 1. The van der Waals surface area contributed by atoms with Crippen LogP contribution in [-0.2, 0) is 0 Å². The molecule has 0 unspecified atom stereocenters. The highest BCUT2D eigenvalue weighted by molar-refractivity contribution is 5.95. The van der Waals surface area contributed by atoms with Gasteiger partial charge in [-0.25, -0.2) is 4.98 Å². The highest BCUT2D eigenvalue weighted by Crippen LogP contribution is 2.26. The van der Waals surface area contributed by atoms with Crippen molar-refractivity contribution in [2.75, 3.05) is 0 Å². The van der Waals surface area contributed by atoms with E-state index in [0.717, 1.165) is 16.3 Å². The van der Waals surface area contributed by atoms with Gasteiger partial charge in [0.2, 0.25) is 0 Å². The van der Waals surface area contributed by atoms with Gasteiger partial charge < -0.3 is 0 Å². The topological polar surface area (TPSA) is 63.0 Å². The lowest BCUT2D eigenvalue weighted by Crippen LogP contribution is -2.14. The van der Waals surface area contributed by atoms with Gasteiger partial charge in [0.25, 0.3) is 11.3 Å². The highest BCUT2D eigenvalue weighted by Gasteiger charge is 2.10. The van der Waals surface area contributed by atoms with Gasteiger partial charge in [0, 0.05) is 17.3 Å². The number of hydrogen-bond donors (Lipinski definition) is 1. The number of benzene rings is 2. The first-order chi connectivity index (χ1) is 10.2. The second-order valence-corrected chi connectivity index (χ2v) is 4.97. The van der Waals surface area contributed by atoms with Crippen molar-refractivity contribution < 1.29 is 0 Å². The fourth-order valence-electron chi connectivity index (χ4n) is 2.55. The molecule has 0 saturated carbocycles. The Kier molecular flexibility index (Phi) is 2.41. The molecule has 5 nitrogen and oxygen atoms in total. The van der Waals surface area contributed by atoms with Crippen molar-refractivity contribution in [3.8, 4) is 11.4 Å². The Hall–Kier alpha value is -2.95. The lowest BCUT2D eigenvalue weighted by molar-refractivity contribution is 0.892. The Labute approximate surface area is 119 Å². The largest absolute Gasteiger partial charge is 0.274 e. The number of nitrogens with one attached hydrogen (secondary N) is 1. The third-order valence-electron chi connectivity index (χ3n) is 3.50. The number of fused-ring (bicyclic) bond motifs is 2. The van der Waals surface area contributed by atoms with E-state index in [1.165, 1.54) is 10.6 Å². The van der Waals surface area contributed by atoms with Crippen LogP contribution < -0.4 is 5.56 Å². The molecule has 5 heteroatoms. The summed E-state index contributed by atoms with van der Waals surface area (Å²) in [7, 11) is 0. The van der Waals surface area contributed by atoms with Gasteiger partial charge in [-0.05, 0) is 17.7 Å². The van der Waals surface area contributed by atoms with E-state index in [9.17, 15) is 4.79 Å². The highest BCUT2D eigenvalue weighted by atomic mass is 16.1. The fourth-order valence-corrected chi connectivity index (χ4v) is 2.55. The summed E-state index contributed by atoms with van der Waals surface area (Å²) in [5.74, 6) is 1.03. The number of hydrogen-bond acceptors (Lipinski definition) is 3. The van der Waals surface area contributed by atoms with Crippen LogP contribution in [0.3, 0.4) is 0 Å². The maximum atomic E-state index is 12.0. The standard InChI is InChI=1S/C16H12N4O/c1-10-9-14(21)20-16(17-10)18-15(19-20)13-8-4-6-11-5-2-3-7-12(11)13/h2-9H,1H3,(H,17,18,19). The SMILES string of the molecule is Cc1cc(=O)n2[nH]c(-c3cccc4ccccc34)nc2n1. The van der Waals surface area contributed by atoms with Crippen LogP contribution in [0.1, 0.15) is 5.69 Å². The third-order valence-corrected chi connectivity index (χ3v) is 3.50. The van der Waals surface area contributed by atoms with Gasteiger partial charge >= 0.3 is 0 Å².